The molecule has 6 aromatic rings. The maximum Gasteiger partial charge on any atom is 0.255 e. The summed E-state index contributed by atoms with van der Waals surface area (Å²) in [5.41, 5.74) is 4.06. The zero-order valence-electron chi connectivity index (χ0n) is 35.2. The van der Waals surface area contributed by atoms with Gasteiger partial charge in [0.25, 0.3) is 11.1 Å². The Hall–Kier alpha value is -6.32. The third kappa shape index (κ3) is 9.42. The van der Waals surface area contributed by atoms with Crippen LogP contribution in [-0.4, -0.2) is 86.5 Å². The Bertz CT molecular complexity index is 2500. The molecule has 0 fully saturated rings. The van der Waals surface area contributed by atoms with Crippen molar-refractivity contribution in [1.82, 2.24) is 39.0 Å². The van der Waals surface area contributed by atoms with Gasteiger partial charge in [-0.15, -0.1) is 0 Å². The first-order chi connectivity index (χ1) is 28.9. The summed E-state index contributed by atoms with van der Waals surface area (Å²) in [6, 6.07) is 24.5. The van der Waals surface area contributed by atoms with Crippen LogP contribution in [0.1, 0.15) is 51.0 Å². The Morgan fingerprint density at radius 2 is 1.08 bits per heavy atom. The molecule has 15 heteroatoms. The van der Waals surface area contributed by atoms with Crippen molar-refractivity contribution in [3.05, 3.63) is 136 Å². The highest BCUT2D eigenvalue weighted by Crippen LogP contribution is 2.35. The van der Waals surface area contributed by atoms with E-state index >= 15 is 0 Å². The Morgan fingerprint density at radius 3 is 1.55 bits per heavy atom. The van der Waals surface area contributed by atoms with E-state index in [4.69, 9.17) is 24.2 Å². The van der Waals surface area contributed by atoms with E-state index in [0.29, 0.717) is 60.9 Å². The normalized spacial score (nSPS) is 16.1. The van der Waals surface area contributed by atoms with E-state index in [0.717, 1.165) is 30.0 Å². The highest BCUT2D eigenvalue weighted by Gasteiger charge is 2.35. The molecular weight excluding hydrogens is 761 g/mol. The molecule has 0 N–H and O–H groups in total. The summed E-state index contributed by atoms with van der Waals surface area (Å²) in [4.78, 5) is 56.3. The lowest BCUT2D eigenvalue weighted by molar-refractivity contribution is 0.101. The number of methoxy groups -OCH3 is 3. The summed E-state index contributed by atoms with van der Waals surface area (Å²) < 4.78 is 20.7. The summed E-state index contributed by atoms with van der Waals surface area (Å²) in [6.45, 7) is 12.5. The summed E-state index contributed by atoms with van der Waals surface area (Å²) in [5, 5.41) is 0. The third-order valence-corrected chi connectivity index (χ3v) is 10.6. The lowest BCUT2D eigenvalue weighted by atomic mass is 9.90. The Kier molecular flexibility index (Phi) is 12.5. The molecule has 1 unspecified atom stereocenters. The van der Waals surface area contributed by atoms with Crippen LogP contribution in [0, 0.1) is 10.8 Å². The monoisotopic (exact) mass is 812 g/mol. The maximum absolute atomic E-state index is 13.0. The van der Waals surface area contributed by atoms with E-state index in [1.54, 1.807) is 67.1 Å². The average molecular weight is 813 g/mol. The molecule has 2 aromatic carbocycles. The number of hydrogen-bond donors (Lipinski definition) is 0. The Morgan fingerprint density at radius 1 is 0.600 bits per heavy atom. The molecule has 312 valence electrons. The number of para-hydroxylation sites is 1. The Balaban J connectivity index is 0.000000182. The van der Waals surface area contributed by atoms with Crippen LogP contribution in [0.15, 0.2) is 114 Å². The van der Waals surface area contributed by atoms with E-state index in [1.165, 1.54) is 12.7 Å². The molecule has 2 atom stereocenters. The molecule has 2 aliphatic heterocycles. The number of anilines is 2. The van der Waals surface area contributed by atoms with Crippen LogP contribution >= 0.6 is 0 Å². The standard InChI is InChI=1S/C23H27N5O3.C22H25N5O2/c1-23(2)13-27(12-20(31-4)16-7-5-6-8-19(16)30-3)22-26-18(11-21(29)28(22)14-23)17-9-10-24-15-25-17;1-22(2)13-26(12-19(29-3)16-7-5-4-6-8-16)21-25-18(11-20(28)27(21)14-22)17-9-10-23-15-24-17/h5-11,15,20H,12-14H2,1-4H3;4-11,15,19H,12-14H2,1-3H3/t;19-/m.0/s1. The second-order valence-corrected chi connectivity index (χ2v) is 16.6. The predicted molar refractivity (Wildman–Crippen MR) is 230 cm³/mol. The van der Waals surface area contributed by atoms with Crippen molar-refractivity contribution < 1.29 is 14.2 Å². The van der Waals surface area contributed by atoms with Gasteiger partial charge < -0.3 is 24.0 Å². The zero-order chi connectivity index (χ0) is 42.4. The maximum atomic E-state index is 13.0. The first-order valence-corrected chi connectivity index (χ1v) is 19.9. The van der Waals surface area contributed by atoms with Gasteiger partial charge in [-0.2, -0.15) is 0 Å². The molecule has 0 bridgehead atoms. The van der Waals surface area contributed by atoms with Gasteiger partial charge in [0.1, 0.15) is 24.5 Å². The van der Waals surface area contributed by atoms with Gasteiger partial charge in [0, 0.05) is 81.3 Å². The molecular formula is C45H52N10O5. The molecule has 6 heterocycles. The molecule has 15 nitrogen and oxygen atoms in total. The third-order valence-electron chi connectivity index (χ3n) is 10.6. The van der Waals surface area contributed by atoms with Crippen LogP contribution in [0.25, 0.3) is 22.8 Å². The molecule has 0 amide bonds. The number of rotatable bonds is 11. The lowest BCUT2D eigenvalue weighted by Gasteiger charge is -2.41. The van der Waals surface area contributed by atoms with Gasteiger partial charge in [-0.3, -0.25) is 18.7 Å². The number of aromatic nitrogens is 8. The molecule has 0 aliphatic carbocycles. The van der Waals surface area contributed by atoms with Crippen molar-refractivity contribution in [1.29, 1.82) is 0 Å². The summed E-state index contributed by atoms with van der Waals surface area (Å²) in [5.74, 6) is 2.05. The summed E-state index contributed by atoms with van der Waals surface area (Å²) >= 11 is 0. The lowest BCUT2D eigenvalue weighted by Crippen LogP contribution is -2.48. The van der Waals surface area contributed by atoms with Crippen molar-refractivity contribution in [2.45, 2.75) is 53.0 Å². The minimum absolute atomic E-state index is 0.0656. The van der Waals surface area contributed by atoms with Crippen LogP contribution in [0.3, 0.4) is 0 Å². The van der Waals surface area contributed by atoms with Crippen molar-refractivity contribution in [3.63, 3.8) is 0 Å². The van der Waals surface area contributed by atoms with Gasteiger partial charge in [0.05, 0.1) is 49.1 Å². The van der Waals surface area contributed by atoms with Gasteiger partial charge in [-0.25, -0.2) is 29.9 Å². The van der Waals surface area contributed by atoms with Crippen LogP contribution < -0.4 is 25.7 Å². The van der Waals surface area contributed by atoms with Crippen molar-refractivity contribution in [2.24, 2.45) is 10.8 Å². The fourth-order valence-corrected chi connectivity index (χ4v) is 7.95. The van der Waals surface area contributed by atoms with Gasteiger partial charge in [-0.1, -0.05) is 76.2 Å². The predicted octanol–water partition coefficient (Wildman–Crippen LogP) is 5.88. The average Bonchev–Trinajstić information content (AvgIpc) is 3.25. The number of nitrogens with zero attached hydrogens (tertiary/aromatic N) is 10. The largest absolute Gasteiger partial charge is 0.496 e. The first kappa shape index (κ1) is 41.8. The number of ether oxygens (including phenoxy) is 3. The molecule has 4 aromatic heterocycles. The van der Waals surface area contributed by atoms with Crippen molar-refractivity contribution in [2.75, 3.05) is 57.3 Å². The minimum atomic E-state index is -0.252. The van der Waals surface area contributed by atoms with Crippen molar-refractivity contribution in [3.8, 4) is 28.5 Å². The smallest absolute Gasteiger partial charge is 0.255 e. The zero-order valence-corrected chi connectivity index (χ0v) is 35.2. The summed E-state index contributed by atoms with van der Waals surface area (Å²) in [6.07, 6.45) is 5.84. The number of benzene rings is 2. The Labute approximate surface area is 349 Å². The van der Waals surface area contributed by atoms with E-state index in [-0.39, 0.29) is 34.2 Å². The number of fused-ring (bicyclic) bond motifs is 2. The van der Waals surface area contributed by atoms with Crippen LogP contribution in [0.4, 0.5) is 11.9 Å². The highest BCUT2D eigenvalue weighted by atomic mass is 16.5. The van der Waals surface area contributed by atoms with Gasteiger partial charge in [-0.05, 0) is 23.8 Å². The second kappa shape index (κ2) is 17.9. The topological polar surface area (TPSA) is 156 Å². The van der Waals surface area contributed by atoms with Gasteiger partial charge in [0.15, 0.2) is 0 Å². The summed E-state index contributed by atoms with van der Waals surface area (Å²) in [7, 11) is 5.05. The molecule has 0 spiro atoms. The van der Waals surface area contributed by atoms with E-state index in [9.17, 15) is 9.59 Å². The van der Waals surface area contributed by atoms with Crippen LogP contribution in [0.2, 0.25) is 0 Å². The molecule has 2 aliphatic rings. The van der Waals surface area contributed by atoms with E-state index in [1.807, 2.05) is 42.5 Å². The van der Waals surface area contributed by atoms with Gasteiger partial charge >= 0.3 is 0 Å². The first-order valence-electron chi connectivity index (χ1n) is 19.9. The van der Waals surface area contributed by atoms with Crippen LogP contribution in [0.5, 0.6) is 5.75 Å². The van der Waals surface area contributed by atoms with Crippen molar-refractivity contribution >= 4 is 11.9 Å². The molecule has 0 radical (unpaired) electrons. The highest BCUT2D eigenvalue weighted by molar-refractivity contribution is 5.57. The van der Waals surface area contributed by atoms with Crippen LogP contribution in [-0.2, 0) is 22.6 Å². The molecule has 0 saturated heterocycles. The van der Waals surface area contributed by atoms with E-state index < -0.39 is 0 Å². The number of hydrogen-bond acceptors (Lipinski definition) is 13. The molecule has 60 heavy (non-hydrogen) atoms. The molecule has 0 saturated carbocycles. The fourth-order valence-electron chi connectivity index (χ4n) is 7.95. The second-order valence-electron chi connectivity index (χ2n) is 16.6. The van der Waals surface area contributed by atoms with E-state index in [2.05, 4.69) is 69.6 Å². The van der Waals surface area contributed by atoms with Gasteiger partial charge in [0.2, 0.25) is 11.9 Å². The SMILES string of the molecule is CO[C@@H](CN1CC(C)(C)Cn2c1nc(-c1ccncn1)cc2=O)c1ccccc1.COc1ccccc1C(CN1CC(C)(C)Cn2c1nc(-c1ccncn1)cc2=O)OC. The fraction of sp³-hybridized carbons (Fsp3) is 0.378. The molecule has 8 rings (SSSR count). The minimum Gasteiger partial charge on any atom is -0.496 e. The quantitative estimate of drug-likeness (QED) is 0.153.